The number of halogens is 1. The molecule has 1 fully saturated rings. The Morgan fingerprint density at radius 1 is 1.16 bits per heavy atom. The Bertz CT molecular complexity index is 724. The Morgan fingerprint density at radius 2 is 1.84 bits per heavy atom. The number of hydrogen-bond donors (Lipinski definition) is 1. The third-order valence-electron chi connectivity index (χ3n) is 4.81. The van der Waals surface area contributed by atoms with Gasteiger partial charge in [0.15, 0.2) is 0 Å². The van der Waals surface area contributed by atoms with Crippen molar-refractivity contribution in [2.75, 3.05) is 20.3 Å². The van der Waals surface area contributed by atoms with Crippen molar-refractivity contribution in [3.8, 4) is 5.75 Å². The van der Waals surface area contributed by atoms with Gasteiger partial charge in [0.05, 0.1) is 12.5 Å². The number of hydrogen-bond acceptors (Lipinski definition) is 3. The summed E-state index contributed by atoms with van der Waals surface area (Å²) in [4.78, 5) is 13.1. The molecule has 1 aliphatic rings. The molecule has 0 saturated carbocycles. The highest BCUT2D eigenvalue weighted by Crippen LogP contribution is 2.35. The zero-order chi connectivity index (χ0) is 17.7. The molecule has 3 rings (SSSR count). The Balaban J connectivity index is 1.81. The summed E-state index contributed by atoms with van der Waals surface area (Å²) in [5, 5.41) is 3.03. The van der Waals surface area contributed by atoms with Crippen LogP contribution in [0.2, 0.25) is 0 Å². The van der Waals surface area contributed by atoms with Crippen molar-refractivity contribution in [2.45, 2.75) is 24.8 Å². The molecular formula is C20H22FNO3. The number of methoxy groups -OCH3 is 1. The van der Waals surface area contributed by atoms with Gasteiger partial charge in [0.2, 0.25) is 5.91 Å². The molecule has 2 aromatic rings. The molecule has 0 atom stereocenters. The number of benzene rings is 2. The van der Waals surface area contributed by atoms with Crippen LogP contribution in [-0.4, -0.2) is 26.2 Å². The number of carbonyl (C=O) groups is 1. The molecule has 0 unspecified atom stereocenters. The van der Waals surface area contributed by atoms with Crippen LogP contribution < -0.4 is 10.1 Å². The lowest BCUT2D eigenvalue weighted by molar-refractivity contribution is -0.130. The fourth-order valence-electron chi connectivity index (χ4n) is 3.33. The van der Waals surface area contributed by atoms with Crippen molar-refractivity contribution < 1.29 is 18.7 Å². The quantitative estimate of drug-likeness (QED) is 0.907. The van der Waals surface area contributed by atoms with Gasteiger partial charge in [-0.3, -0.25) is 4.79 Å². The minimum absolute atomic E-state index is 0.0617. The topological polar surface area (TPSA) is 47.6 Å². The zero-order valence-electron chi connectivity index (χ0n) is 14.3. The second kappa shape index (κ2) is 7.66. The SMILES string of the molecule is COc1ccccc1CNC(=O)C1(c2ccc(F)cc2)CCOCC1. The monoisotopic (exact) mass is 343 g/mol. The van der Waals surface area contributed by atoms with Crippen molar-refractivity contribution in [1.82, 2.24) is 5.32 Å². The summed E-state index contributed by atoms with van der Waals surface area (Å²) in [6, 6.07) is 13.8. The summed E-state index contributed by atoms with van der Waals surface area (Å²) >= 11 is 0. The minimum atomic E-state index is -0.687. The lowest BCUT2D eigenvalue weighted by Crippen LogP contribution is -2.47. The van der Waals surface area contributed by atoms with Gasteiger partial charge in [-0.15, -0.1) is 0 Å². The van der Waals surface area contributed by atoms with E-state index in [1.54, 1.807) is 19.2 Å². The maximum Gasteiger partial charge on any atom is 0.231 e. The highest BCUT2D eigenvalue weighted by Gasteiger charge is 2.41. The second-order valence-corrected chi connectivity index (χ2v) is 6.20. The first-order valence-electron chi connectivity index (χ1n) is 8.40. The van der Waals surface area contributed by atoms with Crippen LogP contribution in [0.5, 0.6) is 5.75 Å². The van der Waals surface area contributed by atoms with Crippen molar-refractivity contribution in [3.63, 3.8) is 0 Å². The molecule has 1 amide bonds. The molecule has 0 spiro atoms. The number of nitrogens with one attached hydrogen (secondary N) is 1. The van der Waals surface area contributed by atoms with E-state index in [4.69, 9.17) is 9.47 Å². The van der Waals surface area contributed by atoms with E-state index in [1.807, 2.05) is 24.3 Å². The first kappa shape index (κ1) is 17.4. The van der Waals surface area contributed by atoms with Crippen molar-refractivity contribution >= 4 is 5.91 Å². The van der Waals surface area contributed by atoms with Gasteiger partial charge in [0.1, 0.15) is 11.6 Å². The average molecular weight is 343 g/mol. The molecule has 1 heterocycles. The van der Waals surface area contributed by atoms with Gasteiger partial charge in [-0.05, 0) is 36.6 Å². The Hall–Kier alpha value is -2.40. The van der Waals surface area contributed by atoms with Gasteiger partial charge in [0.25, 0.3) is 0 Å². The number of rotatable bonds is 5. The zero-order valence-corrected chi connectivity index (χ0v) is 14.3. The summed E-state index contributed by atoms with van der Waals surface area (Å²) in [5.41, 5.74) is 1.06. The molecule has 0 radical (unpaired) electrons. The molecule has 2 aromatic carbocycles. The average Bonchev–Trinajstić information content (AvgIpc) is 2.67. The Kier molecular flexibility index (Phi) is 5.34. The standard InChI is InChI=1S/C20H22FNO3/c1-24-18-5-3-2-4-15(18)14-22-19(23)20(10-12-25-13-11-20)16-6-8-17(21)9-7-16/h2-9H,10-14H2,1H3,(H,22,23). The first-order valence-corrected chi connectivity index (χ1v) is 8.40. The molecular weight excluding hydrogens is 321 g/mol. The van der Waals surface area contributed by atoms with Crippen LogP contribution in [0.1, 0.15) is 24.0 Å². The van der Waals surface area contributed by atoms with E-state index >= 15 is 0 Å². The molecule has 5 heteroatoms. The number of carbonyl (C=O) groups excluding carboxylic acids is 1. The number of ether oxygens (including phenoxy) is 2. The fraction of sp³-hybridized carbons (Fsp3) is 0.350. The van der Waals surface area contributed by atoms with Crippen molar-refractivity contribution in [3.05, 3.63) is 65.5 Å². The summed E-state index contributed by atoms with van der Waals surface area (Å²) in [6.07, 6.45) is 1.16. The van der Waals surface area contributed by atoms with E-state index in [0.29, 0.717) is 32.6 Å². The number of para-hydroxylation sites is 1. The Labute approximate surface area is 147 Å². The molecule has 0 aromatic heterocycles. The molecule has 132 valence electrons. The van der Waals surface area contributed by atoms with Crippen LogP contribution in [0.4, 0.5) is 4.39 Å². The molecule has 1 N–H and O–H groups in total. The summed E-state index contributed by atoms with van der Waals surface area (Å²) in [7, 11) is 1.61. The third kappa shape index (κ3) is 3.66. The van der Waals surface area contributed by atoms with E-state index in [0.717, 1.165) is 16.9 Å². The van der Waals surface area contributed by atoms with Crippen molar-refractivity contribution in [2.24, 2.45) is 0 Å². The second-order valence-electron chi connectivity index (χ2n) is 6.20. The molecule has 0 aliphatic carbocycles. The highest BCUT2D eigenvalue weighted by atomic mass is 19.1. The maximum absolute atomic E-state index is 13.3. The molecule has 1 saturated heterocycles. The van der Waals surface area contributed by atoms with Crippen LogP contribution in [0.15, 0.2) is 48.5 Å². The van der Waals surface area contributed by atoms with Crippen LogP contribution in [0, 0.1) is 5.82 Å². The lowest BCUT2D eigenvalue weighted by atomic mass is 9.73. The lowest BCUT2D eigenvalue weighted by Gasteiger charge is -2.36. The van der Waals surface area contributed by atoms with E-state index in [2.05, 4.69) is 5.32 Å². The van der Waals surface area contributed by atoms with Gasteiger partial charge >= 0.3 is 0 Å². The van der Waals surface area contributed by atoms with E-state index in [9.17, 15) is 9.18 Å². The smallest absolute Gasteiger partial charge is 0.231 e. The van der Waals surface area contributed by atoms with Gasteiger partial charge in [-0.25, -0.2) is 4.39 Å². The maximum atomic E-state index is 13.3. The van der Waals surface area contributed by atoms with Crippen LogP contribution >= 0.6 is 0 Å². The first-order chi connectivity index (χ1) is 12.2. The minimum Gasteiger partial charge on any atom is -0.496 e. The summed E-state index contributed by atoms with van der Waals surface area (Å²) in [6.45, 7) is 1.41. The summed E-state index contributed by atoms with van der Waals surface area (Å²) in [5.74, 6) is 0.374. The van der Waals surface area contributed by atoms with E-state index in [-0.39, 0.29) is 11.7 Å². The number of amides is 1. The molecule has 25 heavy (non-hydrogen) atoms. The van der Waals surface area contributed by atoms with E-state index in [1.165, 1.54) is 12.1 Å². The van der Waals surface area contributed by atoms with Gasteiger partial charge in [-0.1, -0.05) is 30.3 Å². The predicted molar refractivity (Wildman–Crippen MR) is 93.0 cm³/mol. The van der Waals surface area contributed by atoms with E-state index < -0.39 is 5.41 Å². The third-order valence-corrected chi connectivity index (χ3v) is 4.81. The fourth-order valence-corrected chi connectivity index (χ4v) is 3.33. The van der Waals surface area contributed by atoms with Crippen LogP contribution in [-0.2, 0) is 21.5 Å². The van der Waals surface area contributed by atoms with Crippen LogP contribution in [0.25, 0.3) is 0 Å². The van der Waals surface area contributed by atoms with Gasteiger partial charge in [0, 0.05) is 25.3 Å². The normalized spacial score (nSPS) is 16.2. The molecule has 1 aliphatic heterocycles. The van der Waals surface area contributed by atoms with Gasteiger partial charge < -0.3 is 14.8 Å². The predicted octanol–water partition coefficient (Wildman–Crippen LogP) is 3.20. The van der Waals surface area contributed by atoms with Gasteiger partial charge in [-0.2, -0.15) is 0 Å². The Morgan fingerprint density at radius 3 is 2.52 bits per heavy atom. The summed E-state index contributed by atoms with van der Waals surface area (Å²) < 4.78 is 24.1. The molecule has 4 nitrogen and oxygen atoms in total. The largest absolute Gasteiger partial charge is 0.496 e. The van der Waals surface area contributed by atoms with Crippen molar-refractivity contribution in [1.29, 1.82) is 0 Å². The highest BCUT2D eigenvalue weighted by molar-refractivity contribution is 5.88. The van der Waals surface area contributed by atoms with Crippen LogP contribution in [0.3, 0.4) is 0 Å². The molecule has 0 bridgehead atoms.